The van der Waals surface area contributed by atoms with Crippen molar-refractivity contribution >= 4 is 5.78 Å². The molecule has 144 valence electrons. The standard InChI is InChI=1S/C18H20N2O7/c1-10-7-20(18(25)19-17(10)24)16-6-14(15(8-21)27-16)26-9-13(23)11-2-4-12(22)5-3-11/h2-5,7,14-16,21-22H,6,8-9H2,1H3,(H,19,24,25)/t14-,15+,16+/m0/s1. The van der Waals surface area contributed by atoms with Gasteiger partial charge in [-0.1, -0.05) is 0 Å². The van der Waals surface area contributed by atoms with Crippen LogP contribution in [0.2, 0.25) is 0 Å². The molecule has 0 radical (unpaired) electrons. The first-order valence-electron chi connectivity index (χ1n) is 8.41. The van der Waals surface area contributed by atoms with Crippen molar-refractivity contribution in [3.8, 4) is 5.75 Å². The van der Waals surface area contributed by atoms with Crippen LogP contribution in [0.4, 0.5) is 0 Å². The number of ketones is 1. The zero-order chi connectivity index (χ0) is 19.6. The molecule has 0 aliphatic carbocycles. The molecule has 3 rings (SSSR count). The number of nitrogens with zero attached hydrogens (tertiary/aromatic N) is 1. The predicted octanol–water partition coefficient (Wildman–Crippen LogP) is 0.0985. The Bertz CT molecular complexity index is 932. The summed E-state index contributed by atoms with van der Waals surface area (Å²) in [6.45, 7) is 0.991. The molecule has 1 saturated heterocycles. The van der Waals surface area contributed by atoms with Crippen LogP contribution >= 0.6 is 0 Å². The highest BCUT2D eigenvalue weighted by Crippen LogP contribution is 2.29. The van der Waals surface area contributed by atoms with Gasteiger partial charge in [0.05, 0.1) is 12.7 Å². The number of H-pyrrole nitrogens is 1. The van der Waals surface area contributed by atoms with Gasteiger partial charge in [0.1, 0.15) is 24.7 Å². The van der Waals surface area contributed by atoms with Crippen molar-refractivity contribution in [1.82, 2.24) is 9.55 Å². The number of phenols is 1. The molecule has 1 fully saturated rings. The van der Waals surface area contributed by atoms with Crippen LogP contribution in [0.1, 0.15) is 28.6 Å². The van der Waals surface area contributed by atoms with Gasteiger partial charge in [-0.25, -0.2) is 4.79 Å². The molecule has 1 aliphatic rings. The smallest absolute Gasteiger partial charge is 0.330 e. The number of carbonyl (C=O) groups is 1. The minimum absolute atomic E-state index is 0.0569. The molecule has 0 bridgehead atoms. The number of phenolic OH excluding ortho intramolecular Hbond substituents is 1. The Kier molecular flexibility index (Phi) is 5.54. The Balaban J connectivity index is 1.69. The van der Waals surface area contributed by atoms with E-state index in [4.69, 9.17) is 9.47 Å². The molecule has 3 atom stereocenters. The van der Waals surface area contributed by atoms with Crippen molar-refractivity contribution in [2.75, 3.05) is 13.2 Å². The summed E-state index contributed by atoms with van der Waals surface area (Å²) >= 11 is 0. The fraction of sp³-hybridized carbons (Fsp3) is 0.389. The molecule has 0 spiro atoms. The van der Waals surface area contributed by atoms with Crippen LogP contribution in [0.3, 0.4) is 0 Å². The summed E-state index contributed by atoms with van der Waals surface area (Å²) in [7, 11) is 0. The predicted molar refractivity (Wildman–Crippen MR) is 93.8 cm³/mol. The van der Waals surface area contributed by atoms with Crippen LogP contribution < -0.4 is 11.2 Å². The van der Waals surface area contributed by atoms with Crippen molar-refractivity contribution in [3.63, 3.8) is 0 Å². The second-order valence-corrected chi connectivity index (χ2v) is 6.35. The first-order chi connectivity index (χ1) is 12.9. The molecule has 2 heterocycles. The fourth-order valence-corrected chi connectivity index (χ4v) is 2.92. The fourth-order valence-electron chi connectivity index (χ4n) is 2.92. The molecule has 1 aromatic heterocycles. The number of carbonyl (C=O) groups excluding carboxylic acids is 1. The highest BCUT2D eigenvalue weighted by Gasteiger charge is 2.37. The maximum atomic E-state index is 12.2. The first-order valence-corrected chi connectivity index (χ1v) is 8.41. The number of hydrogen-bond acceptors (Lipinski definition) is 7. The monoisotopic (exact) mass is 376 g/mol. The number of benzene rings is 1. The van der Waals surface area contributed by atoms with E-state index in [0.29, 0.717) is 11.1 Å². The van der Waals surface area contributed by atoms with Crippen molar-refractivity contribution in [2.45, 2.75) is 31.8 Å². The molecular formula is C18H20N2O7. The van der Waals surface area contributed by atoms with E-state index < -0.39 is 29.7 Å². The van der Waals surface area contributed by atoms with E-state index in [1.165, 1.54) is 35.0 Å². The largest absolute Gasteiger partial charge is 0.508 e. The number of Topliss-reactive ketones (excluding diaryl/α,β-unsaturated/α-hetero) is 1. The number of nitrogens with one attached hydrogen (secondary N) is 1. The molecule has 1 aliphatic heterocycles. The van der Waals surface area contributed by atoms with Crippen LogP contribution in [0.5, 0.6) is 5.75 Å². The lowest BCUT2D eigenvalue weighted by Crippen LogP contribution is -2.33. The number of ether oxygens (including phenoxy) is 2. The van der Waals surface area contributed by atoms with Crippen LogP contribution in [0, 0.1) is 6.92 Å². The average Bonchev–Trinajstić information content (AvgIpc) is 3.06. The highest BCUT2D eigenvalue weighted by molar-refractivity contribution is 5.97. The number of aromatic amines is 1. The summed E-state index contributed by atoms with van der Waals surface area (Å²) in [4.78, 5) is 37.9. The number of rotatable bonds is 6. The van der Waals surface area contributed by atoms with Gasteiger partial charge in [0.15, 0.2) is 5.78 Å². The third kappa shape index (κ3) is 4.16. The second kappa shape index (κ2) is 7.87. The maximum Gasteiger partial charge on any atom is 0.330 e. The normalized spacial score (nSPS) is 22.1. The lowest BCUT2D eigenvalue weighted by atomic mass is 10.1. The van der Waals surface area contributed by atoms with Crippen molar-refractivity contribution in [3.05, 3.63) is 62.4 Å². The molecule has 0 amide bonds. The Labute approximate surface area is 153 Å². The third-order valence-electron chi connectivity index (χ3n) is 4.43. The van der Waals surface area contributed by atoms with Gasteiger partial charge in [0, 0.05) is 23.7 Å². The minimum atomic E-state index is -0.723. The highest BCUT2D eigenvalue weighted by atomic mass is 16.6. The van der Waals surface area contributed by atoms with Gasteiger partial charge >= 0.3 is 5.69 Å². The summed E-state index contributed by atoms with van der Waals surface area (Å²) < 4.78 is 12.5. The topological polar surface area (TPSA) is 131 Å². The van der Waals surface area contributed by atoms with Gasteiger partial charge in [-0.2, -0.15) is 0 Å². The summed E-state index contributed by atoms with van der Waals surface area (Å²) in [5, 5.41) is 18.8. The molecule has 2 aromatic rings. The molecule has 27 heavy (non-hydrogen) atoms. The van der Waals surface area contributed by atoms with E-state index in [1.54, 1.807) is 6.92 Å². The van der Waals surface area contributed by atoms with Crippen LogP contribution in [0.25, 0.3) is 0 Å². The maximum absolute atomic E-state index is 12.2. The van der Waals surface area contributed by atoms with E-state index in [9.17, 15) is 24.6 Å². The number of aryl methyl sites for hydroxylation is 1. The Morgan fingerprint density at radius 3 is 2.70 bits per heavy atom. The van der Waals surface area contributed by atoms with E-state index in [-0.39, 0.29) is 31.2 Å². The molecule has 9 heteroatoms. The second-order valence-electron chi connectivity index (χ2n) is 6.35. The lowest BCUT2D eigenvalue weighted by molar-refractivity contribution is -0.0591. The molecule has 1 aromatic carbocycles. The van der Waals surface area contributed by atoms with Gasteiger partial charge in [-0.15, -0.1) is 0 Å². The van der Waals surface area contributed by atoms with Gasteiger partial charge in [-0.3, -0.25) is 19.1 Å². The molecule has 0 saturated carbocycles. The summed E-state index contributed by atoms with van der Waals surface area (Å²) in [5.41, 5.74) is -0.352. The first kappa shape index (κ1) is 19.0. The van der Waals surface area contributed by atoms with Gasteiger partial charge in [-0.05, 0) is 31.2 Å². The van der Waals surface area contributed by atoms with E-state index in [1.807, 2.05) is 0 Å². The van der Waals surface area contributed by atoms with Crippen LogP contribution in [0.15, 0.2) is 40.1 Å². The molecule has 9 nitrogen and oxygen atoms in total. The number of aromatic nitrogens is 2. The van der Waals surface area contributed by atoms with Crippen molar-refractivity contribution in [1.29, 1.82) is 0 Å². The lowest BCUT2D eigenvalue weighted by Gasteiger charge is -2.16. The summed E-state index contributed by atoms with van der Waals surface area (Å²) in [6, 6.07) is 5.79. The number of aliphatic hydroxyl groups is 1. The number of hydrogen-bond donors (Lipinski definition) is 3. The summed E-state index contributed by atoms with van der Waals surface area (Å²) in [5.74, 6) is -0.228. The molecule has 3 N–H and O–H groups in total. The zero-order valence-corrected chi connectivity index (χ0v) is 14.6. The van der Waals surface area contributed by atoms with E-state index in [0.717, 1.165) is 0 Å². The Hall–Kier alpha value is -2.75. The Morgan fingerprint density at radius 1 is 1.33 bits per heavy atom. The number of aromatic hydroxyl groups is 1. The zero-order valence-electron chi connectivity index (χ0n) is 14.6. The van der Waals surface area contributed by atoms with Crippen LogP contribution in [-0.2, 0) is 9.47 Å². The Morgan fingerprint density at radius 2 is 2.04 bits per heavy atom. The van der Waals surface area contributed by atoms with Crippen LogP contribution in [-0.4, -0.2) is 51.0 Å². The molecule has 0 unspecified atom stereocenters. The number of aliphatic hydroxyl groups excluding tert-OH is 1. The van der Waals surface area contributed by atoms with E-state index >= 15 is 0 Å². The van der Waals surface area contributed by atoms with Crippen molar-refractivity contribution < 1.29 is 24.5 Å². The van der Waals surface area contributed by atoms with Gasteiger partial charge in [0.2, 0.25) is 0 Å². The van der Waals surface area contributed by atoms with Gasteiger partial charge in [0.25, 0.3) is 5.56 Å². The third-order valence-corrected chi connectivity index (χ3v) is 4.43. The van der Waals surface area contributed by atoms with Gasteiger partial charge < -0.3 is 19.7 Å². The molecular weight excluding hydrogens is 356 g/mol. The van der Waals surface area contributed by atoms with E-state index in [2.05, 4.69) is 4.98 Å². The SMILES string of the molecule is Cc1cn([C@H]2C[C@H](OCC(=O)c3ccc(O)cc3)[C@@H](CO)O2)c(=O)[nH]c1=O. The average molecular weight is 376 g/mol. The minimum Gasteiger partial charge on any atom is -0.508 e. The quantitative estimate of drug-likeness (QED) is 0.609. The van der Waals surface area contributed by atoms with Crippen molar-refractivity contribution in [2.24, 2.45) is 0 Å². The summed E-state index contributed by atoms with van der Waals surface area (Å²) in [6.07, 6.45) is -0.398.